The van der Waals surface area contributed by atoms with Gasteiger partial charge in [-0.1, -0.05) is 0 Å². The minimum absolute atomic E-state index is 0.259. The van der Waals surface area contributed by atoms with Crippen molar-refractivity contribution in [3.8, 4) is 0 Å². The predicted molar refractivity (Wildman–Crippen MR) is 87.5 cm³/mol. The Morgan fingerprint density at radius 1 is 1.04 bits per heavy atom. The molecule has 0 unspecified atom stereocenters. The van der Waals surface area contributed by atoms with E-state index < -0.39 is 57.7 Å². The van der Waals surface area contributed by atoms with Crippen LogP contribution in [0.5, 0.6) is 0 Å². The average molecular weight is 431 g/mol. The molecule has 0 aliphatic heterocycles. The quantitative estimate of drug-likeness (QED) is 0.394. The highest BCUT2D eigenvalue weighted by Crippen LogP contribution is 2.44. The molecule has 0 radical (unpaired) electrons. The van der Waals surface area contributed by atoms with E-state index in [0.29, 0.717) is 12.8 Å². The van der Waals surface area contributed by atoms with Crippen LogP contribution in [0.3, 0.4) is 0 Å². The van der Waals surface area contributed by atoms with E-state index in [1.54, 1.807) is 0 Å². The Hall–Kier alpha value is -2.17. The molecule has 6 nitrogen and oxygen atoms in total. The lowest BCUT2D eigenvalue weighted by Crippen LogP contribution is -2.28. The summed E-state index contributed by atoms with van der Waals surface area (Å²) in [6.45, 7) is 2.17. The summed E-state index contributed by atoms with van der Waals surface area (Å²) < 4.78 is 77.7. The van der Waals surface area contributed by atoms with Crippen LogP contribution in [0, 0.1) is 0 Å². The number of hydrogen-bond acceptors (Lipinski definition) is 6. The first kappa shape index (κ1) is 22.1. The first-order chi connectivity index (χ1) is 12.9. The molecule has 2 rings (SSSR count). The van der Waals surface area contributed by atoms with Crippen molar-refractivity contribution in [2.75, 3.05) is 18.5 Å². The second-order valence-corrected chi connectivity index (χ2v) is 6.26. The summed E-state index contributed by atoms with van der Waals surface area (Å²) in [6, 6.07) is -0.415. The van der Waals surface area contributed by atoms with Gasteiger partial charge in [0.05, 0.1) is 18.9 Å². The molecule has 0 atom stereocenters. The zero-order valence-corrected chi connectivity index (χ0v) is 15.5. The lowest BCUT2D eigenvalue weighted by atomic mass is 10.0. The first-order valence-electron chi connectivity index (χ1n) is 8.24. The van der Waals surface area contributed by atoms with Gasteiger partial charge in [-0.15, -0.1) is 0 Å². The van der Waals surface area contributed by atoms with E-state index in [1.807, 2.05) is 0 Å². The van der Waals surface area contributed by atoms with Crippen LogP contribution in [0.1, 0.15) is 58.8 Å². The van der Waals surface area contributed by atoms with Gasteiger partial charge in [0.25, 0.3) is 0 Å². The summed E-state index contributed by atoms with van der Waals surface area (Å²) >= 11 is 4.93. The molecular formula is C16H16ClF5N2O4. The molecule has 1 fully saturated rings. The SMILES string of the molecule is CCOC(=O)c1c(C(F)(F)F)nc(C(F)(F)Cl)c(C(=O)OCC)c1NC1CC1. The Kier molecular flexibility index (Phi) is 6.37. The fourth-order valence-electron chi connectivity index (χ4n) is 2.38. The summed E-state index contributed by atoms with van der Waals surface area (Å²) in [5.74, 6) is -2.87. The molecule has 1 aromatic heterocycles. The van der Waals surface area contributed by atoms with Crippen LogP contribution in [0.2, 0.25) is 0 Å². The highest BCUT2D eigenvalue weighted by atomic mass is 35.5. The Balaban J connectivity index is 2.92. The van der Waals surface area contributed by atoms with Gasteiger partial charge < -0.3 is 14.8 Å². The number of anilines is 1. The maximum absolute atomic E-state index is 13.9. The van der Waals surface area contributed by atoms with Gasteiger partial charge in [0.15, 0.2) is 5.69 Å². The number of ether oxygens (including phenoxy) is 2. The largest absolute Gasteiger partial charge is 0.462 e. The number of nitrogens with one attached hydrogen (secondary N) is 1. The number of carbonyl (C=O) groups excluding carboxylic acids is 2. The van der Waals surface area contributed by atoms with Gasteiger partial charge in [-0.05, 0) is 38.3 Å². The number of esters is 2. The minimum Gasteiger partial charge on any atom is -0.462 e. The van der Waals surface area contributed by atoms with Gasteiger partial charge in [0, 0.05) is 6.04 Å². The molecule has 28 heavy (non-hydrogen) atoms. The molecule has 1 saturated carbocycles. The Labute approximate surface area is 161 Å². The third-order valence-electron chi connectivity index (χ3n) is 3.62. The average Bonchev–Trinajstić information content (AvgIpc) is 3.36. The molecule has 156 valence electrons. The molecule has 1 aromatic rings. The van der Waals surface area contributed by atoms with E-state index >= 15 is 0 Å². The number of hydrogen-bond donors (Lipinski definition) is 1. The van der Waals surface area contributed by atoms with E-state index in [2.05, 4.69) is 19.8 Å². The molecule has 0 aromatic carbocycles. The lowest BCUT2D eigenvalue weighted by molar-refractivity contribution is -0.142. The second kappa shape index (κ2) is 8.06. The number of rotatable bonds is 7. The normalized spacial score (nSPS) is 14.6. The molecular weight excluding hydrogens is 415 g/mol. The molecule has 1 aliphatic carbocycles. The highest BCUT2D eigenvalue weighted by molar-refractivity contribution is 6.22. The Bertz CT molecular complexity index is 722. The topological polar surface area (TPSA) is 77.5 Å². The number of aromatic nitrogens is 1. The van der Waals surface area contributed by atoms with E-state index in [-0.39, 0.29) is 13.2 Å². The number of halogens is 6. The van der Waals surface area contributed by atoms with Crippen LogP contribution in [-0.4, -0.2) is 36.2 Å². The fraction of sp³-hybridized carbons (Fsp3) is 0.562. The molecule has 12 heteroatoms. The fourth-order valence-corrected chi connectivity index (χ4v) is 2.51. The van der Waals surface area contributed by atoms with E-state index in [9.17, 15) is 31.5 Å². The highest BCUT2D eigenvalue weighted by Gasteiger charge is 2.47. The Morgan fingerprint density at radius 3 is 1.86 bits per heavy atom. The van der Waals surface area contributed by atoms with Gasteiger partial charge >= 0.3 is 23.5 Å². The van der Waals surface area contributed by atoms with Gasteiger partial charge in [0.2, 0.25) is 0 Å². The maximum atomic E-state index is 13.9. The maximum Gasteiger partial charge on any atom is 0.434 e. The van der Waals surface area contributed by atoms with Crippen molar-refractivity contribution in [3.63, 3.8) is 0 Å². The number of nitrogens with zero attached hydrogens (tertiary/aromatic N) is 1. The molecule has 1 heterocycles. The van der Waals surface area contributed by atoms with Crippen LogP contribution in [0.4, 0.5) is 27.6 Å². The summed E-state index contributed by atoms with van der Waals surface area (Å²) in [7, 11) is 0. The van der Waals surface area contributed by atoms with Crippen LogP contribution in [-0.2, 0) is 21.0 Å². The van der Waals surface area contributed by atoms with Crippen molar-refractivity contribution >= 4 is 29.2 Å². The van der Waals surface area contributed by atoms with Crippen LogP contribution in [0.25, 0.3) is 0 Å². The third-order valence-corrected chi connectivity index (χ3v) is 3.80. The van der Waals surface area contributed by atoms with Crippen molar-refractivity contribution in [2.45, 2.75) is 44.3 Å². The second-order valence-electron chi connectivity index (χ2n) is 5.79. The first-order valence-corrected chi connectivity index (χ1v) is 8.62. The van der Waals surface area contributed by atoms with E-state index in [0.717, 1.165) is 0 Å². The van der Waals surface area contributed by atoms with Crippen molar-refractivity contribution < 1.29 is 41.0 Å². The predicted octanol–water partition coefficient (Wildman–Crippen LogP) is 4.32. The standard InChI is InChI=1S/C16H16ClF5N2O4/c1-3-27-13(25)8-10(23-7-5-6-7)9(14(26)28-4-2)12(16(20,21)22)24-11(8)15(17,18)19/h7H,3-6H2,1-2H3,(H,23,24). The summed E-state index contributed by atoms with van der Waals surface area (Å²) in [5, 5.41) is -1.91. The lowest BCUT2D eigenvalue weighted by Gasteiger charge is -2.23. The smallest absolute Gasteiger partial charge is 0.434 e. The zero-order valence-electron chi connectivity index (χ0n) is 14.8. The van der Waals surface area contributed by atoms with Gasteiger partial charge in [-0.25, -0.2) is 14.6 Å². The van der Waals surface area contributed by atoms with Crippen LogP contribution in [0.15, 0.2) is 0 Å². The van der Waals surface area contributed by atoms with Crippen molar-refractivity contribution in [2.24, 2.45) is 0 Å². The summed E-state index contributed by atoms with van der Waals surface area (Å²) in [4.78, 5) is 27.4. The van der Waals surface area contributed by atoms with E-state index in [4.69, 9.17) is 11.6 Å². The molecule has 0 spiro atoms. The minimum atomic E-state index is -5.30. The van der Waals surface area contributed by atoms with Gasteiger partial charge in [-0.3, -0.25) is 0 Å². The zero-order chi connectivity index (χ0) is 21.3. The molecule has 1 N–H and O–H groups in total. The number of carbonyl (C=O) groups is 2. The summed E-state index contributed by atoms with van der Waals surface area (Å²) in [6.07, 6.45) is -4.30. The Morgan fingerprint density at radius 2 is 1.50 bits per heavy atom. The van der Waals surface area contributed by atoms with Gasteiger partial charge in [0.1, 0.15) is 16.8 Å². The van der Waals surface area contributed by atoms with E-state index in [1.165, 1.54) is 13.8 Å². The van der Waals surface area contributed by atoms with Gasteiger partial charge in [-0.2, -0.15) is 22.0 Å². The molecule has 1 aliphatic rings. The van der Waals surface area contributed by atoms with Crippen molar-refractivity contribution in [1.29, 1.82) is 0 Å². The van der Waals surface area contributed by atoms with Crippen LogP contribution >= 0.6 is 11.6 Å². The monoisotopic (exact) mass is 430 g/mol. The molecule has 0 saturated heterocycles. The number of pyridine rings is 1. The number of alkyl halides is 6. The summed E-state index contributed by atoms with van der Waals surface area (Å²) in [5.41, 5.74) is -6.58. The van der Waals surface area contributed by atoms with Crippen molar-refractivity contribution in [1.82, 2.24) is 4.98 Å². The molecule has 0 bridgehead atoms. The third kappa shape index (κ3) is 4.81. The van der Waals surface area contributed by atoms with Crippen molar-refractivity contribution in [3.05, 3.63) is 22.5 Å². The molecule has 0 amide bonds. The van der Waals surface area contributed by atoms with Crippen LogP contribution < -0.4 is 5.32 Å².